The standard InChI is InChI=1S/C30H39NO4/c1-2-3-4-5-6-7-8-9-10-11-12-13-20-34-27-17-14-25(28(32)22-27)23-31-26-16-18-29-24(21-26)15-19-30(33)35-29/h14-19,21-23,32H,2-13,20H2,1H3. The first-order valence-electron chi connectivity index (χ1n) is 13.2. The second-order valence-corrected chi connectivity index (χ2v) is 9.19. The van der Waals surface area contributed by atoms with Crippen molar-refractivity contribution in [2.45, 2.75) is 84.0 Å². The zero-order chi connectivity index (χ0) is 24.7. The summed E-state index contributed by atoms with van der Waals surface area (Å²) in [6.07, 6.45) is 17.4. The lowest BCUT2D eigenvalue weighted by molar-refractivity contribution is 0.302. The lowest BCUT2D eigenvalue weighted by atomic mass is 10.1. The molecule has 5 nitrogen and oxygen atoms in total. The average molecular weight is 478 g/mol. The number of nitrogens with zero attached hydrogens (tertiary/aromatic N) is 1. The highest BCUT2D eigenvalue weighted by molar-refractivity contribution is 5.87. The number of rotatable bonds is 16. The fourth-order valence-electron chi connectivity index (χ4n) is 4.14. The summed E-state index contributed by atoms with van der Waals surface area (Å²) in [6, 6.07) is 13.7. The van der Waals surface area contributed by atoms with Crippen molar-refractivity contribution in [1.82, 2.24) is 0 Å². The normalized spacial score (nSPS) is 11.5. The third kappa shape index (κ3) is 9.59. The van der Waals surface area contributed by atoms with Gasteiger partial charge >= 0.3 is 5.63 Å². The van der Waals surface area contributed by atoms with Crippen molar-refractivity contribution < 1.29 is 14.3 Å². The molecule has 0 spiro atoms. The molecule has 3 aromatic rings. The van der Waals surface area contributed by atoms with Gasteiger partial charge in [-0.2, -0.15) is 0 Å². The summed E-state index contributed by atoms with van der Waals surface area (Å²) >= 11 is 0. The number of hydrogen-bond donors (Lipinski definition) is 1. The Hall–Kier alpha value is -3.08. The summed E-state index contributed by atoms with van der Waals surface area (Å²) in [4.78, 5) is 15.7. The predicted molar refractivity (Wildman–Crippen MR) is 144 cm³/mol. The molecule has 1 heterocycles. The largest absolute Gasteiger partial charge is 0.507 e. The van der Waals surface area contributed by atoms with Gasteiger partial charge in [0.05, 0.1) is 12.3 Å². The minimum atomic E-state index is -0.375. The van der Waals surface area contributed by atoms with Crippen molar-refractivity contribution >= 4 is 22.9 Å². The van der Waals surface area contributed by atoms with Crippen LogP contribution in [0.25, 0.3) is 11.0 Å². The molecular formula is C30H39NO4. The van der Waals surface area contributed by atoms with Gasteiger partial charge in [-0.3, -0.25) is 4.99 Å². The second-order valence-electron chi connectivity index (χ2n) is 9.19. The molecule has 5 heteroatoms. The van der Waals surface area contributed by atoms with E-state index >= 15 is 0 Å². The Morgan fingerprint density at radius 3 is 2.20 bits per heavy atom. The molecule has 188 valence electrons. The van der Waals surface area contributed by atoms with E-state index in [4.69, 9.17) is 9.15 Å². The maximum atomic E-state index is 11.3. The summed E-state index contributed by atoms with van der Waals surface area (Å²) in [5.41, 5.74) is 1.47. The first kappa shape index (κ1) is 26.5. The Labute approximate surface area is 208 Å². The fraction of sp³-hybridized carbons (Fsp3) is 0.467. The number of ether oxygens (including phenoxy) is 1. The molecule has 0 aliphatic carbocycles. The SMILES string of the molecule is CCCCCCCCCCCCCCOc1ccc(C=Nc2ccc3oc(=O)ccc3c2)c(O)c1. The molecule has 0 saturated heterocycles. The topological polar surface area (TPSA) is 72.0 Å². The highest BCUT2D eigenvalue weighted by atomic mass is 16.5. The number of phenols is 1. The van der Waals surface area contributed by atoms with E-state index in [1.54, 1.807) is 36.5 Å². The number of hydrogen-bond acceptors (Lipinski definition) is 5. The maximum Gasteiger partial charge on any atom is 0.336 e. The monoisotopic (exact) mass is 477 g/mol. The molecule has 0 unspecified atom stereocenters. The van der Waals surface area contributed by atoms with Gasteiger partial charge in [0.15, 0.2) is 0 Å². The number of benzene rings is 2. The second kappa shape index (κ2) is 15.0. The van der Waals surface area contributed by atoms with Crippen molar-refractivity contribution in [3.8, 4) is 11.5 Å². The Bertz CT molecular complexity index is 1120. The van der Waals surface area contributed by atoms with Gasteiger partial charge in [-0.1, -0.05) is 77.6 Å². The Morgan fingerprint density at radius 2 is 1.51 bits per heavy atom. The molecule has 0 bridgehead atoms. The lowest BCUT2D eigenvalue weighted by Crippen LogP contribution is -1.97. The van der Waals surface area contributed by atoms with E-state index < -0.39 is 0 Å². The van der Waals surface area contributed by atoms with Crippen LogP contribution in [0.4, 0.5) is 5.69 Å². The number of unbranched alkanes of at least 4 members (excludes halogenated alkanes) is 11. The predicted octanol–water partition coefficient (Wildman–Crippen LogP) is 8.33. The van der Waals surface area contributed by atoms with Crippen LogP contribution in [0.2, 0.25) is 0 Å². The van der Waals surface area contributed by atoms with Crippen LogP contribution in [-0.2, 0) is 0 Å². The molecule has 0 amide bonds. The lowest BCUT2D eigenvalue weighted by Gasteiger charge is -2.08. The van der Waals surface area contributed by atoms with Crippen LogP contribution in [-0.4, -0.2) is 17.9 Å². The van der Waals surface area contributed by atoms with Gasteiger partial charge in [-0.15, -0.1) is 0 Å². The summed E-state index contributed by atoms with van der Waals surface area (Å²) in [5.74, 6) is 0.802. The van der Waals surface area contributed by atoms with Gasteiger partial charge in [-0.25, -0.2) is 4.79 Å². The van der Waals surface area contributed by atoms with Gasteiger partial charge in [0.25, 0.3) is 0 Å². The van der Waals surface area contributed by atoms with Crippen LogP contribution < -0.4 is 10.4 Å². The summed E-state index contributed by atoms with van der Waals surface area (Å²) < 4.78 is 11.0. The van der Waals surface area contributed by atoms with E-state index in [0.29, 0.717) is 29.2 Å². The van der Waals surface area contributed by atoms with E-state index in [1.165, 1.54) is 76.7 Å². The Morgan fingerprint density at radius 1 is 0.829 bits per heavy atom. The highest BCUT2D eigenvalue weighted by Gasteiger charge is 2.03. The first-order chi connectivity index (χ1) is 17.2. The smallest absolute Gasteiger partial charge is 0.336 e. The van der Waals surface area contributed by atoms with E-state index in [9.17, 15) is 9.90 Å². The minimum Gasteiger partial charge on any atom is -0.507 e. The number of fused-ring (bicyclic) bond motifs is 1. The van der Waals surface area contributed by atoms with Crippen LogP contribution in [0.15, 0.2) is 62.7 Å². The van der Waals surface area contributed by atoms with Crippen molar-refractivity contribution in [3.05, 3.63) is 64.5 Å². The molecule has 2 aromatic carbocycles. The van der Waals surface area contributed by atoms with E-state index in [0.717, 1.165) is 11.8 Å². The first-order valence-corrected chi connectivity index (χ1v) is 13.2. The molecule has 1 aromatic heterocycles. The molecule has 3 rings (SSSR count). The fourth-order valence-corrected chi connectivity index (χ4v) is 4.14. The molecule has 0 radical (unpaired) electrons. The van der Waals surface area contributed by atoms with Crippen LogP contribution >= 0.6 is 0 Å². The molecule has 1 N–H and O–H groups in total. The zero-order valence-corrected chi connectivity index (χ0v) is 21.0. The van der Waals surface area contributed by atoms with Crippen LogP contribution in [0.3, 0.4) is 0 Å². The van der Waals surface area contributed by atoms with Gasteiger partial charge in [0, 0.05) is 29.3 Å². The average Bonchev–Trinajstić information content (AvgIpc) is 2.86. The number of phenolic OH excluding ortho intramolecular Hbond substituents is 1. The molecular weight excluding hydrogens is 438 g/mol. The summed E-state index contributed by atoms with van der Waals surface area (Å²) in [5, 5.41) is 11.2. The summed E-state index contributed by atoms with van der Waals surface area (Å²) in [6.45, 7) is 2.93. The molecule has 0 atom stereocenters. The van der Waals surface area contributed by atoms with Crippen LogP contribution in [0, 0.1) is 0 Å². The van der Waals surface area contributed by atoms with Crippen molar-refractivity contribution in [2.75, 3.05) is 6.61 Å². The number of aliphatic imine (C=N–C) groups is 1. The third-order valence-electron chi connectivity index (χ3n) is 6.22. The highest BCUT2D eigenvalue weighted by Crippen LogP contribution is 2.25. The van der Waals surface area contributed by atoms with Crippen molar-refractivity contribution in [3.63, 3.8) is 0 Å². The van der Waals surface area contributed by atoms with E-state index in [-0.39, 0.29) is 11.4 Å². The van der Waals surface area contributed by atoms with Crippen molar-refractivity contribution in [1.29, 1.82) is 0 Å². The van der Waals surface area contributed by atoms with E-state index in [1.807, 2.05) is 12.1 Å². The molecule has 0 fully saturated rings. The summed E-state index contributed by atoms with van der Waals surface area (Å²) in [7, 11) is 0. The Balaban J connectivity index is 1.32. The minimum absolute atomic E-state index is 0.132. The van der Waals surface area contributed by atoms with Gasteiger partial charge < -0.3 is 14.3 Å². The maximum absolute atomic E-state index is 11.3. The third-order valence-corrected chi connectivity index (χ3v) is 6.22. The molecule has 0 aliphatic rings. The van der Waals surface area contributed by atoms with Crippen LogP contribution in [0.1, 0.15) is 89.5 Å². The van der Waals surface area contributed by atoms with Gasteiger partial charge in [0.2, 0.25) is 0 Å². The molecule has 35 heavy (non-hydrogen) atoms. The number of aromatic hydroxyl groups is 1. The quantitative estimate of drug-likeness (QED) is 0.128. The van der Waals surface area contributed by atoms with Gasteiger partial charge in [-0.05, 0) is 42.8 Å². The van der Waals surface area contributed by atoms with E-state index in [2.05, 4.69) is 11.9 Å². The Kier molecular flexibility index (Phi) is 11.4. The zero-order valence-electron chi connectivity index (χ0n) is 21.0. The molecule has 0 aliphatic heterocycles. The van der Waals surface area contributed by atoms with Gasteiger partial charge in [0.1, 0.15) is 17.1 Å². The van der Waals surface area contributed by atoms with Crippen molar-refractivity contribution in [2.24, 2.45) is 4.99 Å². The molecule has 0 saturated carbocycles. The van der Waals surface area contributed by atoms with Crippen LogP contribution in [0.5, 0.6) is 11.5 Å².